The summed E-state index contributed by atoms with van der Waals surface area (Å²) in [5.41, 5.74) is 0. The van der Waals surface area contributed by atoms with Crippen LogP contribution in [-0.4, -0.2) is 37.2 Å². The van der Waals surface area contributed by atoms with Gasteiger partial charge in [0.25, 0.3) is 0 Å². The minimum atomic E-state index is -0.803. The average Bonchev–Trinajstić information content (AvgIpc) is 3.22. The van der Waals surface area contributed by atoms with Crippen LogP contribution < -0.4 is 0 Å². The molecule has 0 aromatic heterocycles. The molecule has 0 aromatic rings. The van der Waals surface area contributed by atoms with Crippen molar-refractivity contribution >= 4 is 17.9 Å². The fourth-order valence-corrected chi connectivity index (χ4v) is 6.93. The molecule has 6 nitrogen and oxygen atoms in total. The highest BCUT2D eigenvalue weighted by atomic mass is 16.6. The van der Waals surface area contributed by atoms with Crippen molar-refractivity contribution in [3.05, 3.63) is 48.6 Å². The summed E-state index contributed by atoms with van der Waals surface area (Å²) in [5, 5.41) is 0. The number of rotatable bonds is 44. The van der Waals surface area contributed by atoms with Crippen molar-refractivity contribution in [1.29, 1.82) is 0 Å². The van der Waals surface area contributed by atoms with Gasteiger partial charge in [-0.2, -0.15) is 0 Å². The summed E-state index contributed by atoms with van der Waals surface area (Å²) in [5.74, 6) is -0.992. The van der Waals surface area contributed by atoms with Crippen LogP contribution in [0.2, 0.25) is 0 Å². The molecule has 0 saturated carbocycles. The first-order chi connectivity index (χ1) is 28.5. The van der Waals surface area contributed by atoms with Gasteiger partial charge in [-0.25, -0.2) is 0 Å². The molecule has 0 aliphatic heterocycles. The van der Waals surface area contributed by atoms with Gasteiger partial charge in [0.1, 0.15) is 13.2 Å². The van der Waals surface area contributed by atoms with Crippen molar-refractivity contribution in [3.8, 4) is 0 Å². The van der Waals surface area contributed by atoms with E-state index in [4.69, 9.17) is 14.2 Å². The quantitative estimate of drug-likeness (QED) is 0.0264. The first-order valence-corrected chi connectivity index (χ1v) is 24.6. The third-order valence-electron chi connectivity index (χ3n) is 10.6. The zero-order chi connectivity index (χ0) is 42.3. The number of unbranched alkanes of at least 4 members (excludes halogenated alkanes) is 25. The van der Waals surface area contributed by atoms with Crippen LogP contribution in [0.15, 0.2) is 48.6 Å². The maximum absolute atomic E-state index is 12.6. The molecular weight excluding hydrogens is 721 g/mol. The molecule has 0 spiro atoms. The predicted molar refractivity (Wildman–Crippen MR) is 247 cm³/mol. The largest absolute Gasteiger partial charge is 0.462 e. The Morgan fingerprint density at radius 1 is 0.362 bits per heavy atom. The highest BCUT2D eigenvalue weighted by molar-refractivity contribution is 5.71. The monoisotopic (exact) mass is 813 g/mol. The summed E-state index contributed by atoms with van der Waals surface area (Å²) in [4.78, 5) is 37.5. The Labute approximate surface area is 358 Å². The molecule has 1 atom stereocenters. The van der Waals surface area contributed by atoms with Crippen LogP contribution >= 0.6 is 0 Å². The summed E-state index contributed by atoms with van der Waals surface area (Å²) in [7, 11) is 0. The molecule has 336 valence electrons. The topological polar surface area (TPSA) is 78.9 Å². The maximum Gasteiger partial charge on any atom is 0.306 e. The van der Waals surface area contributed by atoms with Gasteiger partial charge < -0.3 is 14.2 Å². The fourth-order valence-electron chi connectivity index (χ4n) is 6.93. The first kappa shape index (κ1) is 55.4. The molecule has 0 aliphatic rings. The first-order valence-electron chi connectivity index (χ1n) is 24.6. The van der Waals surface area contributed by atoms with Gasteiger partial charge >= 0.3 is 17.9 Å². The van der Waals surface area contributed by atoms with E-state index in [0.29, 0.717) is 19.3 Å². The van der Waals surface area contributed by atoms with Gasteiger partial charge in [-0.15, -0.1) is 0 Å². The number of allylic oxidation sites excluding steroid dienone is 8. The van der Waals surface area contributed by atoms with Crippen molar-refractivity contribution < 1.29 is 28.6 Å². The normalized spacial score (nSPS) is 12.4. The lowest BCUT2D eigenvalue weighted by Crippen LogP contribution is -2.30. The minimum Gasteiger partial charge on any atom is -0.462 e. The van der Waals surface area contributed by atoms with Crippen LogP contribution in [0.1, 0.15) is 245 Å². The zero-order valence-electron chi connectivity index (χ0n) is 38.3. The summed E-state index contributed by atoms with van der Waals surface area (Å²) in [6, 6.07) is 0. The molecule has 0 rings (SSSR count). The lowest BCUT2D eigenvalue weighted by Gasteiger charge is -2.18. The minimum absolute atomic E-state index is 0.0996. The van der Waals surface area contributed by atoms with Gasteiger partial charge in [0.2, 0.25) is 0 Å². The van der Waals surface area contributed by atoms with Crippen LogP contribution in [0.4, 0.5) is 0 Å². The third-order valence-corrected chi connectivity index (χ3v) is 10.6. The molecule has 58 heavy (non-hydrogen) atoms. The molecule has 1 unspecified atom stereocenters. The van der Waals surface area contributed by atoms with Crippen LogP contribution in [0, 0.1) is 0 Å². The molecule has 0 aliphatic carbocycles. The van der Waals surface area contributed by atoms with E-state index >= 15 is 0 Å². The summed E-state index contributed by atoms with van der Waals surface area (Å²) in [6.45, 7) is 6.38. The predicted octanol–water partition coefficient (Wildman–Crippen LogP) is 15.9. The Balaban J connectivity index is 4.14. The summed E-state index contributed by atoms with van der Waals surface area (Å²) < 4.78 is 16.5. The van der Waals surface area contributed by atoms with Gasteiger partial charge in [0.05, 0.1) is 0 Å². The molecule has 0 bridgehead atoms. The number of hydrogen-bond donors (Lipinski definition) is 0. The van der Waals surface area contributed by atoms with Crippen molar-refractivity contribution in [2.45, 2.75) is 252 Å². The number of ether oxygens (including phenoxy) is 3. The van der Waals surface area contributed by atoms with Crippen molar-refractivity contribution in [1.82, 2.24) is 0 Å². The van der Waals surface area contributed by atoms with E-state index in [2.05, 4.69) is 57.2 Å². The Morgan fingerprint density at radius 2 is 0.672 bits per heavy atom. The summed E-state index contributed by atoms with van der Waals surface area (Å²) in [6.07, 6.45) is 55.9. The van der Waals surface area contributed by atoms with Crippen LogP contribution in [0.25, 0.3) is 0 Å². The Kier molecular flexibility index (Phi) is 44.9. The van der Waals surface area contributed by atoms with Gasteiger partial charge in [-0.1, -0.05) is 230 Å². The third kappa shape index (κ3) is 44.5. The molecule has 6 heteroatoms. The molecule has 0 saturated heterocycles. The Bertz CT molecular complexity index is 1030. The van der Waals surface area contributed by atoms with Gasteiger partial charge in [0, 0.05) is 19.3 Å². The number of carbonyl (C=O) groups excluding carboxylic acids is 3. The summed E-state index contributed by atoms with van der Waals surface area (Å²) >= 11 is 0. The maximum atomic E-state index is 12.6. The van der Waals surface area contributed by atoms with Crippen LogP contribution in [0.5, 0.6) is 0 Å². The molecule has 0 aromatic carbocycles. The highest BCUT2D eigenvalue weighted by Crippen LogP contribution is 2.16. The molecule has 0 amide bonds. The van der Waals surface area contributed by atoms with E-state index in [1.165, 1.54) is 128 Å². The van der Waals surface area contributed by atoms with Crippen LogP contribution in [-0.2, 0) is 28.6 Å². The van der Waals surface area contributed by atoms with Gasteiger partial charge in [0.15, 0.2) is 6.10 Å². The zero-order valence-corrected chi connectivity index (χ0v) is 38.3. The second-order valence-corrected chi connectivity index (χ2v) is 16.4. The number of carbonyl (C=O) groups is 3. The van der Waals surface area contributed by atoms with E-state index in [1.54, 1.807) is 0 Å². The number of esters is 3. The van der Waals surface area contributed by atoms with Crippen molar-refractivity contribution in [3.63, 3.8) is 0 Å². The molecule has 0 fully saturated rings. The van der Waals surface area contributed by atoms with Crippen molar-refractivity contribution in [2.75, 3.05) is 13.2 Å². The van der Waals surface area contributed by atoms with E-state index in [-0.39, 0.29) is 31.6 Å². The molecule has 0 heterocycles. The lowest BCUT2D eigenvalue weighted by atomic mass is 10.0. The van der Waals surface area contributed by atoms with Gasteiger partial charge in [-0.05, 0) is 44.9 Å². The van der Waals surface area contributed by atoms with E-state index in [0.717, 1.165) is 70.6 Å². The number of hydrogen-bond acceptors (Lipinski definition) is 6. The highest BCUT2D eigenvalue weighted by Gasteiger charge is 2.19. The smallest absolute Gasteiger partial charge is 0.306 e. The Hall–Kier alpha value is -2.63. The second kappa shape index (κ2) is 47.1. The SMILES string of the molecule is CC/C=C\C/C=C\C/C=C\C/C=C\CCC(=O)OC(COC(=O)CCCCCCC)COC(=O)CCCCCCCCCCCCCCCCCCCCCCCC. The fraction of sp³-hybridized carbons (Fsp3) is 0.788. The Morgan fingerprint density at radius 3 is 1.02 bits per heavy atom. The van der Waals surface area contributed by atoms with E-state index in [1.807, 2.05) is 12.2 Å². The average molecular weight is 813 g/mol. The van der Waals surface area contributed by atoms with E-state index < -0.39 is 12.1 Å². The lowest BCUT2D eigenvalue weighted by molar-refractivity contribution is -0.166. The van der Waals surface area contributed by atoms with Gasteiger partial charge in [-0.3, -0.25) is 14.4 Å². The molecule has 0 radical (unpaired) electrons. The van der Waals surface area contributed by atoms with Crippen molar-refractivity contribution in [2.24, 2.45) is 0 Å². The second-order valence-electron chi connectivity index (χ2n) is 16.4. The van der Waals surface area contributed by atoms with E-state index in [9.17, 15) is 14.4 Å². The van der Waals surface area contributed by atoms with Crippen LogP contribution in [0.3, 0.4) is 0 Å². The standard InChI is InChI=1S/C52H92O6/c1-4-7-10-13-15-17-19-21-22-23-24-25-26-27-28-29-31-32-34-36-39-42-45-51(54)57-48-49(47-56-50(53)44-41-38-12-9-6-3)58-52(55)46-43-40-37-35-33-30-20-18-16-14-11-8-5-2/h8,11,16,18,30,33,37,40,49H,4-7,9-10,12-15,17,19-29,31-32,34-36,38-39,41-48H2,1-3H3/b11-8-,18-16-,33-30-,40-37-. The molecular formula is C52H92O6. The molecule has 0 N–H and O–H groups in total.